The van der Waals surface area contributed by atoms with E-state index in [0.29, 0.717) is 42.2 Å². The third-order valence-electron chi connectivity index (χ3n) is 4.97. The van der Waals surface area contributed by atoms with E-state index in [1.165, 1.54) is 4.90 Å². The zero-order valence-corrected chi connectivity index (χ0v) is 14.9. The number of fused-ring (bicyclic) bond motifs is 1. The van der Waals surface area contributed by atoms with Crippen LogP contribution in [-0.2, 0) is 0 Å². The molecule has 4 rings (SSSR count). The molecule has 0 aliphatic carbocycles. The van der Waals surface area contributed by atoms with Crippen molar-refractivity contribution in [2.24, 2.45) is 0 Å². The van der Waals surface area contributed by atoms with Crippen LogP contribution >= 0.6 is 11.6 Å². The molecule has 1 fully saturated rings. The monoisotopic (exact) mass is 391 g/mol. The first-order valence-corrected chi connectivity index (χ1v) is 8.89. The zero-order valence-electron chi connectivity index (χ0n) is 14.2. The highest BCUT2D eigenvalue weighted by Crippen LogP contribution is 2.33. The highest BCUT2D eigenvalue weighted by atomic mass is 35.5. The molecule has 1 saturated heterocycles. The molecule has 0 saturated carbocycles. The fourth-order valence-corrected chi connectivity index (χ4v) is 3.77. The summed E-state index contributed by atoms with van der Waals surface area (Å²) in [5.41, 5.74) is 0.455. The van der Waals surface area contributed by atoms with E-state index in [9.17, 15) is 18.4 Å². The molecule has 2 aromatic carbocycles. The third kappa shape index (κ3) is 3.35. The fraction of sp³-hybridized carbons (Fsp3) is 0.263. The maximum atomic E-state index is 13.4. The summed E-state index contributed by atoms with van der Waals surface area (Å²) in [7, 11) is 0. The summed E-state index contributed by atoms with van der Waals surface area (Å²) in [4.78, 5) is 26.5. The summed E-state index contributed by atoms with van der Waals surface area (Å²) >= 11 is 6.02. The summed E-state index contributed by atoms with van der Waals surface area (Å²) < 4.78 is 26.8. The van der Waals surface area contributed by atoms with E-state index in [2.05, 4.69) is 10.6 Å². The lowest BCUT2D eigenvalue weighted by atomic mass is 9.92. The number of likely N-dealkylation sites (tertiary alicyclic amines) is 1. The lowest BCUT2D eigenvalue weighted by Crippen LogP contribution is -2.62. The summed E-state index contributed by atoms with van der Waals surface area (Å²) in [6.45, 7) is 0.667. The van der Waals surface area contributed by atoms with E-state index in [-0.39, 0.29) is 11.5 Å². The minimum atomic E-state index is -0.790. The van der Waals surface area contributed by atoms with E-state index in [1.807, 2.05) is 0 Å². The molecule has 2 N–H and O–H groups in total. The lowest BCUT2D eigenvalue weighted by molar-refractivity contribution is 0.0638. The Labute approximate surface area is 159 Å². The average Bonchev–Trinajstić information content (AvgIpc) is 2.60. The van der Waals surface area contributed by atoms with Crippen molar-refractivity contribution in [1.29, 1.82) is 0 Å². The maximum Gasteiger partial charge on any atom is 0.255 e. The van der Waals surface area contributed by atoms with Gasteiger partial charge in [-0.2, -0.15) is 0 Å². The summed E-state index contributed by atoms with van der Waals surface area (Å²) in [6, 6.07) is 7.78. The second-order valence-corrected chi connectivity index (χ2v) is 7.24. The number of hydrogen-bond acceptors (Lipinski definition) is 3. The first-order valence-electron chi connectivity index (χ1n) is 8.51. The number of anilines is 1. The Morgan fingerprint density at radius 2 is 1.70 bits per heavy atom. The van der Waals surface area contributed by atoms with Gasteiger partial charge >= 0.3 is 0 Å². The number of benzene rings is 2. The van der Waals surface area contributed by atoms with Gasteiger partial charge in [0.2, 0.25) is 0 Å². The molecule has 27 heavy (non-hydrogen) atoms. The summed E-state index contributed by atoms with van der Waals surface area (Å²) in [5, 5.41) is 6.82. The van der Waals surface area contributed by atoms with Crippen molar-refractivity contribution in [3.8, 4) is 0 Å². The normalized spacial score (nSPS) is 17.9. The van der Waals surface area contributed by atoms with Gasteiger partial charge in [-0.15, -0.1) is 0 Å². The first-order chi connectivity index (χ1) is 12.8. The van der Waals surface area contributed by atoms with Crippen molar-refractivity contribution in [1.82, 2.24) is 10.2 Å². The maximum absolute atomic E-state index is 13.4. The molecule has 2 heterocycles. The second kappa shape index (κ2) is 6.49. The minimum absolute atomic E-state index is 0.0267. The lowest BCUT2D eigenvalue weighted by Gasteiger charge is -2.45. The van der Waals surface area contributed by atoms with Gasteiger partial charge in [0.25, 0.3) is 11.8 Å². The molecule has 0 unspecified atom stereocenters. The van der Waals surface area contributed by atoms with Crippen LogP contribution in [0.5, 0.6) is 0 Å². The SMILES string of the molecule is O=C1NC2(CCN(C(=O)c3cc(F)cc(F)c3)CC2)Nc2cc(Cl)ccc21. The van der Waals surface area contributed by atoms with Crippen LogP contribution in [0, 0.1) is 11.6 Å². The van der Waals surface area contributed by atoms with Gasteiger partial charge in [-0.25, -0.2) is 8.78 Å². The van der Waals surface area contributed by atoms with Gasteiger partial charge < -0.3 is 15.5 Å². The van der Waals surface area contributed by atoms with E-state index in [4.69, 9.17) is 11.6 Å². The molecule has 8 heteroatoms. The molecule has 0 bridgehead atoms. The summed E-state index contributed by atoms with van der Waals surface area (Å²) in [5.74, 6) is -2.22. The van der Waals surface area contributed by atoms with Gasteiger partial charge in [0, 0.05) is 42.6 Å². The van der Waals surface area contributed by atoms with Crippen LogP contribution < -0.4 is 10.6 Å². The number of nitrogens with zero attached hydrogens (tertiary/aromatic N) is 1. The molecule has 140 valence electrons. The van der Waals surface area contributed by atoms with Crippen molar-refractivity contribution in [3.63, 3.8) is 0 Å². The number of piperidine rings is 1. The minimum Gasteiger partial charge on any atom is -0.362 e. The molecule has 2 aliphatic rings. The van der Waals surface area contributed by atoms with Crippen molar-refractivity contribution >= 4 is 29.1 Å². The van der Waals surface area contributed by atoms with Crippen LogP contribution in [0.3, 0.4) is 0 Å². The fourth-order valence-electron chi connectivity index (χ4n) is 3.59. The van der Waals surface area contributed by atoms with Crippen LogP contribution in [0.15, 0.2) is 36.4 Å². The van der Waals surface area contributed by atoms with Crippen LogP contribution in [0.25, 0.3) is 0 Å². The number of carbonyl (C=O) groups excluding carboxylic acids is 2. The quantitative estimate of drug-likeness (QED) is 0.783. The van der Waals surface area contributed by atoms with Crippen molar-refractivity contribution in [2.45, 2.75) is 18.5 Å². The molecule has 5 nitrogen and oxygen atoms in total. The number of amides is 2. The molecule has 0 radical (unpaired) electrons. The molecule has 1 spiro atoms. The standard InChI is InChI=1S/C19H16ClF2N3O2/c20-12-1-2-15-16(9-12)23-19(24-17(15)26)3-5-25(6-4-19)18(27)11-7-13(21)10-14(22)8-11/h1-2,7-10,23H,3-6H2,(H,24,26). The number of halogens is 3. The molecule has 0 atom stereocenters. The first kappa shape index (κ1) is 17.7. The topological polar surface area (TPSA) is 61.4 Å². The highest BCUT2D eigenvalue weighted by Gasteiger charge is 2.41. The van der Waals surface area contributed by atoms with Crippen LogP contribution in [0.2, 0.25) is 5.02 Å². The van der Waals surface area contributed by atoms with Crippen LogP contribution in [0.4, 0.5) is 14.5 Å². The average molecular weight is 392 g/mol. The number of nitrogens with one attached hydrogen (secondary N) is 2. The Hall–Kier alpha value is -2.67. The zero-order chi connectivity index (χ0) is 19.2. The second-order valence-electron chi connectivity index (χ2n) is 6.80. The van der Waals surface area contributed by atoms with E-state index in [0.717, 1.165) is 18.2 Å². The van der Waals surface area contributed by atoms with Crippen molar-refractivity contribution in [2.75, 3.05) is 18.4 Å². The Morgan fingerprint density at radius 3 is 2.37 bits per heavy atom. The van der Waals surface area contributed by atoms with Crippen molar-refractivity contribution in [3.05, 3.63) is 64.2 Å². The molecule has 2 amide bonds. The Balaban J connectivity index is 1.50. The van der Waals surface area contributed by atoms with Crippen LogP contribution in [-0.4, -0.2) is 35.5 Å². The molecular formula is C19H16ClF2N3O2. The predicted molar refractivity (Wildman–Crippen MR) is 96.8 cm³/mol. The van der Waals surface area contributed by atoms with Gasteiger partial charge in [0.05, 0.1) is 11.3 Å². The van der Waals surface area contributed by atoms with E-state index < -0.39 is 23.2 Å². The van der Waals surface area contributed by atoms with Gasteiger partial charge in [0.15, 0.2) is 0 Å². The number of rotatable bonds is 1. The number of hydrogen-bond donors (Lipinski definition) is 2. The Kier molecular flexibility index (Phi) is 4.26. The van der Waals surface area contributed by atoms with E-state index in [1.54, 1.807) is 18.2 Å². The highest BCUT2D eigenvalue weighted by molar-refractivity contribution is 6.31. The molecular weight excluding hydrogens is 376 g/mol. The number of carbonyl (C=O) groups is 2. The molecule has 2 aromatic rings. The van der Waals surface area contributed by atoms with Gasteiger partial charge in [-0.3, -0.25) is 9.59 Å². The van der Waals surface area contributed by atoms with Crippen molar-refractivity contribution < 1.29 is 18.4 Å². The van der Waals surface area contributed by atoms with Crippen LogP contribution in [0.1, 0.15) is 33.6 Å². The Morgan fingerprint density at radius 1 is 1.04 bits per heavy atom. The van der Waals surface area contributed by atoms with Gasteiger partial charge in [-0.05, 0) is 30.3 Å². The molecule has 2 aliphatic heterocycles. The largest absolute Gasteiger partial charge is 0.362 e. The smallest absolute Gasteiger partial charge is 0.255 e. The van der Waals surface area contributed by atoms with E-state index >= 15 is 0 Å². The predicted octanol–water partition coefficient (Wildman–Crippen LogP) is 3.41. The van der Waals surface area contributed by atoms with Gasteiger partial charge in [-0.1, -0.05) is 11.6 Å². The summed E-state index contributed by atoms with van der Waals surface area (Å²) in [6.07, 6.45) is 0.905. The van der Waals surface area contributed by atoms with Gasteiger partial charge in [0.1, 0.15) is 17.3 Å². The Bertz CT molecular complexity index is 922. The molecule has 0 aromatic heterocycles. The third-order valence-corrected chi connectivity index (χ3v) is 5.20.